The molecule has 1 unspecified atom stereocenters. The van der Waals surface area contributed by atoms with Gasteiger partial charge in [0.15, 0.2) is 0 Å². The molecule has 104 valence electrons. The van der Waals surface area contributed by atoms with Gasteiger partial charge >= 0.3 is 0 Å². The van der Waals surface area contributed by atoms with Gasteiger partial charge < -0.3 is 5.32 Å². The molecule has 3 rings (SSSR count). The highest BCUT2D eigenvalue weighted by atomic mass is 16.2. The predicted octanol–water partition coefficient (Wildman–Crippen LogP) is 1.63. The van der Waals surface area contributed by atoms with Crippen molar-refractivity contribution in [2.45, 2.75) is 32.2 Å². The Balaban J connectivity index is 2.18. The van der Waals surface area contributed by atoms with Gasteiger partial charge in [0.25, 0.3) is 5.56 Å². The molecule has 1 atom stereocenters. The number of H-pyrrole nitrogens is 1. The van der Waals surface area contributed by atoms with Gasteiger partial charge in [0.2, 0.25) is 5.91 Å². The Morgan fingerprint density at radius 2 is 2.20 bits per heavy atom. The van der Waals surface area contributed by atoms with Crippen molar-refractivity contribution in [3.05, 3.63) is 46.0 Å². The summed E-state index contributed by atoms with van der Waals surface area (Å²) in [7, 11) is 0. The van der Waals surface area contributed by atoms with E-state index in [9.17, 15) is 9.59 Å². The number of aromatic nitrogens is 3. The molecule has 1 amide bonds. The molecular weight excluding hydrogens is 256 g/mol. The average Bonchev–Trinajstić information content (AvgIpc) is 2.76. The summed E-state index contributed by atoms with van der Waals surface area (Å²) < 4.78 is 1.71. The molecular formula is C14H16N4O2. The van der Waals surface area contributed by atoms with Crippen LogP contribution < -0.4 is 10.9 Å². The molecule has 2 aromatic rings. The molecule has 0 spiro atoms. The van der Waals surface area contributed by atoms with Gasteiger partial charge in [-0.15, -0.1) is 0 Å². The van der Waals surface area contributed by atoms with Crippen molar-refractivity contribution < 1.29 is 4.79 Å². The van der Waals surface area contributed by atoms with E-state index in [1.807, 2.05) is 26.0 Å². The van der Waals surface area contributed by atoms with Gasteiger partial charge in [-0.2, -0.15) is 0 Å². The van der Waals surface area contributed by atoms with Gasteiger partial charge in [-0.3, -0.25) is 24.4 Å². The van der Waals surface area contributed by atoms with E-state index < -0.39 is 0 Å². The summed E-state index contributed by atoms with van der Waals surface area (Å²) in [5.74, 6) is 0.256. The van der Waals surface area contributed by atoms with Crippen molar-refractivity contribution in [2.24, 2.45) is 0 Å². The number of carbonyl (C=O) groups is 1. The number of hydrogen-bond acceptors (Lipinski definition) is 3. The number of rotatable bonds is 2. The number of carbonyl (C=O) groups excluding carboxylic acids is 1. The molecule has 3 heterocycles. The fourth-order valence-electron chi connectivity index (χ4n) is 2.64. The van der Waals surface area contributed by atoms with Crippen LogP contribution in [0.4, 0.5) is 5.82 Å². The number of fused-ring (bicyclic) bond motifs is 1. The van der Waals surface area contributed by atoms with Crippen LogP contribution in [0.1, 0.15) is 43.4 Å². The second kappa shape index (κ2) is 4.63. The van der Waals surface area contributed by atoms with Crippen LogP contribution in [0, 0.1) is 0 Å². The first-order chi connectivity index (χ1) is 9.58. The molecule has 2 N–H and O–H groups in total. The second-order valence-electron chi connectivity index (χ2n) is 5.26. The second-order valence-corrected chi connectivity index (χ2v) is 5.26. The number of anilines is 1. The van der Waals surface area contributed by atoms with E-state index in [4.69, 9.17) is 0 Å². The van der Waals surface area contributed by atoms with Crippen molar-refractivity contribution in [1.29, 1.82) is 0 Å². The number of aromatic amines is 1. The third kappa shape index (κ3) is 1.93. The summed E-state index contributed by atoms with van der Waals surface area (Å²) in [6.07, 6.45) is 3.65. The van der Waals surface area contributed by atoms with Crippen molar-refractivity contribution in [3.8, 4) is 0 Å². The Hall–Kier alpha value is -2.37. The molecule has 0 saturated carbocycles. The van der Waals surface area contributed by atoms with Crippen molar-refractivity contribution in [2.75, 3.05) is 5.32 Å². The number of nitrogens with zero attached hydrogens (tertiary/aromatic N) is 2. The summed E-state index contributed by atoms with van der Waals surface area (Å²) in [4.78, 5) is 28.2. The Bertz CT molecular complexity index is 700. The third-order valence-corrected chi connectivity index (χ3v) is 3.56. The first-order valence-corrected chi connectivity index (χ1v) is 6.62. The van der Waals surface area contributed by atoms with E-state index >= 15 is 0 Å². The molecule has 2 aromatic heterocycles. The molecule has 0 aliphatic carbocycles. The largest absolute Gasteiger partial charge is 0.311 e. The zero-order chi connectivity index (χ0) is 14.3. The monoisotopic (exact) mass is 272 g/mol. The highest BCUT2D eigenvalue weighted by Gasteiger charge is 2.32. The maximum atomic E-state index is 12.2. The zero-order valence-electron chi connectivity index (χ0n) is 11.4. The average molecular weight is 272 g/mol. The van der Waals surface area contributed by atoms with E-state index in [1.54, 1.807) is 17.1 Å². The van der Waals surface area contributed by atoms with Gasteiger partial charge in [-0.05, 0) is 25.5 Å². The minimum absolute atomic E-state index is 0.0689. The van der Waals surface area contributed by atoms with E-state index in [2.05, 4.69) is 15.4 Å². The van der Waals surface area contributed by atoms with Gasteiger partial charge in [0.1, 0.15) is 5.82 Å². The first kappa shape index (κ1) is 12.7. The van der Waals surface area contributed by atoms with Crippen LogP contribution in [0.25, 0.3) is 0 Å². The van der Waals surface area contributed by atoms with Crippen LogP contribution in [0.3, 0.4) is 0 Å². The van der Waals surface area contributed by atoms with Crippen LogP contribution >= 0.6 is 0 Å². The van der Waals surface area contributed by atoms with E-state index in [-0.39, 0.29) is 29.8 Å². The van der Waals surface area contributed by atoms with Gasteiger partial charge in [-0.1, -0.05) is 6.07 Å². The fraction of sp³-hybridized carbons (Fsp3) is 0.357. The van der Waals surface area contributed by atoms with E-state index in [1.165, 1.54) is 0 Å². The van der Waals surface area contributed by atoms with Gasteiger partial charge in [-0.25, -0.2) is 0 Å². The molecule has 0 fully saturated rings. The van der Waals surface area contributed by atoms with E-state index in [0.29, 0.717) is 11.4 Å². The molecule has 1 aliphatic heterocycles. The zero-order valence-corrected chi connectivity index (χ0v) is 11.4. The lowest BCUT2D eigenvalue weighted by Gasteiger charge is -2.23. The minimum atomic E-state index is -0.240. The van der Waals surface area contributed by atoms with Crippen molar-refractivity contribution >= 4 is 11.7 Å². The van der Waals surface area contributed by atoms with Gasteiger partial charge in [0, 0.05) is 30.8 Å². The number of amides is 1. The number of pyridine rings is 1. The Morgan fingerprint density at radius 1 is 1.40 bits per heavy atom. The summed E-state index contributed by atoms with van der Waals surface area (Å²) in [6.45, 7) is 3.91. The summed E-state index contributed by atoms with van der Waals surface area (Å²) in [5.41, 5.74) is 1.35. The van der Waals surface area contributed by atoms with E-state index in [0.717, 1.165) is 5.56 Å². The molecule has 20 heavy (non-hydrogen) atoms. The van der Waals surface area contributed by atoms with Crippen LogP contribution in [-0.2, 0) is 4.79 Å². The predicted molar refractivity (Wildman–Crippen MR) is 74.8 cm³/mol. The number of hydrogen-bond donors (Lipinski definition) is 2. The Morgan fingerprint density at radius 3 is 2.85 bits per heavy atom. The summed E-state index contributed by atoms with van der Waals surface area (Å²) >= 11 is 0. The first-order valence-electron chi connectivity index (χ1n) is 6.62. The lowest BCUT2D eigenvalue weighted by Crippen LogP contribution is -2.27. The topological polar surface area (TPSA) is 79.8 Å². The summed E-state index contributed by atoms with van der Waals surface area (Å²) in [5, 5.41) is 5.60. The maximum absolute atomic E-state index is 12.2. The smallest absolute Gasteiger partial charge is 0.270 e. The molecule has 0 bridgehead atoms. The Kier molecular flexibility index (Phi) is 2.93. The van der Waals surface area contributed by atoms with Crippen molar-refractivity contribution in [3.63, 3.8) is 0 Å². The molecule has 0 aromatic carbocycles. The molecule has 0 saturated heterocycles. The lowest BCUT2D eigenvalue weighted by molar-refractivity contribution is -0.116. The summed E-state index contributed by atoms with van der Waals surface area (Å²) in [6, 6.07) is 3.78. The van der Waals surface area contributed by atoms with Crippen LogP contribution in [0.15, 0.2) is 29.3 Å². The Labute approximate surface area is 115 Å². The number of nitrogens with one attached hydrogen (secondary N) is 2. The van der Waals surface area contributed by atoms with Crippen molar-refractivity contribution in [1.82, 2.24) is 14.8 Å². The normalized spacial score (nSPS) is 17.9. The highest BCUT2D eigenvalue weighted by molar-refractivity contribution is 5.94. The molecule has 6 heteroatoms. The molecule has 1 aliphatic rings. The highest BCUT2D eigenvalue weighted by Crippen LogP contribution is 2.35. The molecule has 0 radical (unpaired) electrons. The molecule has 6 nitrogen and oxygen atoms in total. The fourth-order valence-corrected chi connectivity index (χ4v) is 2.64. The van der Waals surface area contributed by atoms with Crippen LogP contribution in [0.5, 0.6) is 0 Å². The maximum Gasteiger partial charge on any atom is 0.270 e. The lowest BCUT2D eigenvalue weighted by atomic mass is 9.88. The van der Waals surface area contributed by atoms with Crippen LogP contribution in [0.2, 0.25) is 0 Å². The third-order valence-electron chi connectivity index (χ3n) is 3.56. The van der Waals surface area contributed by atoms with Crippen LogP contribution in [-0.4, -0.2) is 20.7 Å². The van der Waals surface area contributed by atoms with Gasteiger partial charge in [0.05, 0.1) is 5.56 Å². The quantitative estimate of drug-likeness (QED) is 0.872. The minimum Gasteiger partial charge on any atom is -0.311 e. The SMILES string of the molecule is CC(C)n1[nH]c(=O)c2c1NC(=O)CC2c1cccnc1. The standard InChI is InChI=1S/C14H16N4O2/c1-8(2)18-13-12(14(20)17-18)10(6-11(19)16-13)9-4-3-5-15-7-9/h3-5,7-8,10H,6H2,1-2H3,(H,16,19)(H,17,20).